The van der Waals surface area contributed by atoms with Gasteiger partial charge in [0.25, 0.3) is 0 Å². The molecule has 0 aliphatic heterocycles. The van der Waals surface area contributed by atoms with Gasteiger partial charge in [0.15, 0.2) is 0 Å². The summed E-state index contributed by atoms with van der Waals surface area (Å²) >= 11 is 0. The van der Waals surface area contributed by atoms with Crippen LogP contribution in [-0.4, -0.2) is 11.9 Å². The average Bonchev–Trinajstić information content (AvgIpc) is 2.03. The fourth-order valence-corrected chi connectivity index (χ4v) is 0.183. The van der Waals surface area contributed by atoms with Gasteiger partial charge in [-0.15, -0.1) is 0 Å². The maximum atomic E-state index is 7.45. The van der Waals surface area contributed by atoms with Gasteiger partial charge in [-0.1, -0.05) is 6.92 Å². The van der Waals surface area contributed by atoms with E-state index < -0.39 is 0 Å². The van der Waals surface area contributed by atoms with E-state index in [-0.39, 0.29) is 0 Å². The molecular formula is C3H8O8. The average molecular weight is 172 g/mol. The van der Waals surface area contributed by atoms with Crippen molar-refractivity contribution in [3.63, 3.8) is 0 Å². The Balaban J connectivity index is 2.69. The topological polar surface area (TPSA) is 84.8 Å². The Kier molecular flexibility index (Phi) is 9.40. The molecule has 0 spiro atoms. The third kappa shape index (κ3) is 9.68. The Labute approximate surface area is 61.6 Å². The summed E-state index contributed by atoms with van der Waals surface area (Å²) in [4.78, 5) is 4.28. The maximum Gasteiger partial charge on any atom is 0.0852 e. The van der Waals surface area contributed by atoms with Crippen LogP contribution in [0.4, 0.5) is 0 Å². The van der Waals surface area contributed by atoms with Crippen LogP contribution in [0.3, 0.4) is 0 Å². The van der Waals surface area contributed by atoms with Crippen molar-refractivity contribution in [2.75, 3.05) is 6.61 Å². The molecule has 0 aromatic heterocycles. The summed E-state index contributed by atoms with van der Waals surface area (Å²) < 4.78 is 0. The van der Waals surface area contributed by atoms with Gasteiger partial charge in [0.1, 0.15) is 0 Å². The van der Waals surface area contributed by atoms with Gasteiger partial charge in [0, 0.05) is 0 Å². The summed E-state index contributed by atoms with van der Waals surface area (Å²) in [6.45, 7) is 2.20. The second-order valence-corrected chi connectivity index (χ2v) is 1.24. The lowest BCUT2D eigenvalue weighted by molar-refractivity contribution is -0.812. The maximum absolute atomic E-state index is 7.45. The smallest absolute Gasteiger partial charge is 0.0852 e. The first kappa shape index (κ1) is 10.7. The van der Waals surface area contributed by atoms with Gasteiger partial charge in [-0.2, -0.15) is 0 Å². The monoisotopic (exact) mass is 172 g/mol. The molecule has 0 aromatic rings. The fourth-order valence-electron chi connectivity index (χ4n) is 0.183. The molecule has 1 N–H and O–H groups in total. The van der Waals surface area contributed by atoms with E-state index in [1.807, 2.05) is 6.92 Å². The van der Waals surface area contributed by atoms with Crippen molar-refractivity contribution in [2.45, 2.75) is 13.3 Å². The third-order valence-corrected chi connectivity index (χ3v) is 0.477. The first-order chi connectivity index (χ1) is 5.41. The van der Waals surface area contributed by atoms with Gasteiger partial charge < -0.3 is 0 Å². The molecule has 0 unspecified atom stereocenters. The minimum atomic E-state index is 0.334. The molecule has 68 valence electrons. The summed E-state index contributed by atoms with van der Waals surface area (Å²) in [5.41, 5.74) is 0. The van der Waals surface area contributed by atoms with Gasteiger partial charge in [-0.05, 0) is 36.7 Å². The zero-order chi connectivity index (χ0) is 8.36. The van der Waals surface area contributed by atoms with Crippen molar-refractivity contribution < 1.29 is 40.4 Å². The zero-order valence-corrected chi connectivity index (χ0v) is 5.72. The highest BCUT2D eigenvalue weighted by atomic mass is 17.9. The van der Waals surface area contributed by atoms with Crippen molar-refractivity contribution >= 4 is 0 Å². The number of hydrogen-bond donors (Lipinski definition) is 1. The molecule has 11 heavy (non-hydrogen) atoms. The van der Waals surface area contributed by atoms with Gasteiger partial charge in [0.2, 0.25) is 0 Å². The normalized spacial score (nSPS) is 10.4. The summed E-state index contributed by atoms with van der Waals surface area (Å²) in [6, 6.07) is 0. The predicted molar refractivity (Wildman–Crippen MR) is 25.4 cm³/mol. The van der Waals surface area contributed by atoms with E-state index in [1.165, 1.54) is 0 Å². The molecule has 0 aliphatic carbocycles. The second kappa shape index (κ2) is 9.68. The van der Waals surface area contributed by atoms with E-state index in [4.69, 9.17) is 5.26 Å². The van der Waals surface area contributed by atoms with Crippen LogP contribution in [0.15, 0.2) is 0 Å². The van der Waals surface area contributed by atoms with Crippen LogP contribution in [0.2, 0.25) is 0 Å². The van der Waals surface area contributed by atoms with Gasteiger partial charge in [0.05, 0.1) is 6.61 Å². The van der Waals surface area contributed by atoms with Crippen LogP contribution in [-0.2, 0) is 35.1 Å². The minimum Gasteiger partial charge on any atom is -0.219 e. The predicted octanol–water partition coefficient (Wildman–Crippen LogP) is 0.476. The summed E-state index contributed by atoms with van der Waals surface area (Å²) in [5, 5.41) is 28.3. The van der Waals surface area contributed by atoms with E-state index >= 15 is 0 Å². The lowest BCUT2D eigenvalue weighted by Crippen LogP contribution is -2.00. The number of hydrogen-bond acceptors (Lipinski definition) is 8. The van der Waals surface area contributed by atoms with Gasteiger partial charge in [-0.3, -0.25) is 0 Å². The molecule has 0 saturated heterocycles. The molecule has 0 rings (SSSR count). The Morgan fingerprint density at radius 3 is 2.27 bits per heavy atom. The molecule has 0 aromatic carbocycles. The Morgan fingerprint density at radius 2 is 1.64 bits per heavy atom. The standard InChI is InChI=1S/C3H8O8/c1-2-3-5-7-9-11-10-8-6-4/h4H,2-3H2,1H3. The Bertz CT molecular complexity index is 58.4. The summed E-state index contributed by atoms with van der Waals surface area (Å²) in [6.07, 6.45) is 0.750. The second-order valence-electron chi connectivity index (χ2n) is 1.24. The molecule has 8 nitrogen and oxygen atoms in total. The van der Waals surface area contributed by atoms with Crippen LogP contribution in [0.5, 0.6) is 0 Å². The highest BCUT2D eigenvalue weighted by molar-refractivity contribution is 4.13. The van der Waals surface area contributed by atoms with E-state index in [9.17, 15) is 0 Å². The molecule has 0 bridgehead atoms. The van der Waals surface area contributed by atoms with Crippen LogP contribution in [0.1, 0.15) is 13.3 Å². The van der Waals surface area contributed by atoms with Crippen molar-refractivity contribution in [1.82, 2.24) is 0 Å². The van der Waals surface area contributed by atoms with Crippen molar-refractivity contribution in [2.24, 2.45) is 0 Å². The lowest BCUT2D eigenvalue weighted by atomic mass is 10.5. The SMILES string of the molecule is CCCOOOOOOOO. The molecule has 8 heteroatoms. The van der Waals surface area contributed by atoms with Crippen LogP contribution >= 0.6 is 0 Å². The van der Waals surface area contributed by atoms with Crippen molar-refractivity contribution in [1.29, 1.82) is 0 Å². The highest BCUT2D eigenvalue weighted by Gasteiger charge is 1.91. The quantitative estimate of drug-likeness (QED) is 0.321. The molecule has 0 heterocycles. The van der Waals surface area contributed by atoms with Crippen LogP contribution in [0, 0.1) is 0 Å². The van der Waals surface area contributed by atoms with Gasteiger partial charge >= 0.3 is 0 Å². The van der Waals surface area contributed by atoms with E-state index in [1.54, 1.807) is 0 Å². The first-order valence-electron chi connectivity index (χ1n) is 2.68. The summed E-state index contributed by atoms with van der Waals surface area (Å²) in [7, 11) is 0. The number of rotatable bonds is 8. The molecule has 0 aliphatic rings. The van der Waals surface area contributed by atoms with Crippen LogP contribution < -0.4 is 0 Å². The lowest BCUT2D eigenvalue weighted by Gasteiger charge is -1.97. The van der Waals surface area contributed by atoms with Gasteiger partial charge in [-0.25, -0.2) is 10.1 Å². The molecule has 0 saturated carbocycles. The fraction of sp³-hybridized carbons (Fsp3) is 1.00. The Morgan fingerprint density at radius 1 is 1.00 bits per heavy atom. The molecule has 0 amide bonds. The minimum absolute atomic E-state index is 0.334. The zero-order valence-electron chi connectivity index (χ0n) is 5.72. The molecule has 0 fully saturated rings. The van der Waals surface area contributed by atoms with Crippen molar-refractivity contribution in [3.8, 4) is 0 Å². The van der Waals surface area contributed by atoms with E-state index in [2.05, 4.69) is 35.1 Å². The molecule has 0 atom stereocenters. The van der Waals surface area contributed by atoms with Crippen molar-refractivity contribution in [3.05, 3.63) is 0 Å². The summed E-state index contributed by atoms with van der Waals surface area (Å²) in [5.74, 6) is 0. The Hall–Kier alpha value is -0.320. The highest BCUT2D eigenvalue weighted by Crippen LogP contribution is 1.87. The van der Waals surface area contributed by atoms with Crippen LogP contribution in [0.25, 0.3) is 0 Å². The molecular weight excluding hydrogens is 164 g/mol. The molecule has 0 radical (unpaired) electrons. The van der Waals surface area contributed by atoms with E-state index in [0.29, 0.717) is 6.61 Å². The van der Waals surface area contributed by atoms with E-state index in [0.717, 1.165) is 6.42 Å². The largest absolute Gasteiger partial charge is 0.219 e. The first-order valence-corrected chi connectivity index (χ1v) is 2.68. The third-order valence-electron chi connectivity index (χ3n) is 0.477.